The van der Waals surface area contributed by atoms with Gasteiger partial charge in [-0.2, -0.15) is 10.0 Å². The standard InChI is InChI=1S/C33H37ClN10O6S/c1-42-17-23(15-26(42)30(47)37-11-12-38-33(35)36)40-31(48)27-16-24(18-43(27)2)41-32(49)28-14-22(19-44(28,3)39-20-45)29(46)9-6-21-4-7-25(8-5-21)51(50)13-10-34/h4-9,14-20H,10-13H2,1-3H3,(H7-,35,36,37,38,39,40,41,45,47,48,49)/p+1. The minimum absolute atomic E-state index is 0.0354. The van der Waals surface area contributed by atoms with Crippen LogP contribution in [0.25, 0.3) is 6.08 Å². The quantitative estimate of drug-likeness (QED) is 0.0237. The summed E-state index contributed by atoms with van der Waals surface area (Å²) in [6, 6.07) is 9.81. The Morgan fingerprint density at radius 3 is 2.16 bits per heavy atom. The highest BCUT2D eigenvalue weighted by molar-refractivity contribution is 7.85. The van der Waals surface area contributed by atoms with Crippen LogP contribution >= 0.6 is 11.6 Å². The number of nitrogens with one attached hydrogen (secondary N) is 4. The number of likely N-dealkylation sites (N-methyl/N-ethyl adjacent to an activating group) is 1. The summed E-state index contributed by atoms with van der Waals surface area (Å²) in [6.45, 7) is 0.423. The summed E-state index contributed by atoms with van der Waals surface area (Å²) in [5, 5.41) is 8.15. The summed E-state index contributed by atoms with van der Waals surface area (Å²) < 4.78 is 14.7. The van der Waals surface area contributed by atoms with Gasteiger partial charge in [-0.05, 0) is 35.9 Å². The molecule has 2 atom stereocenters. The van der Waals surface area contributed by atoms with E-state index in [0.29, 0.717) is 28.3 Å². The highest BCUT2D eigenvalue weighted by Gasteiger charge is 2.39. The van der Waals surface area contributed by atoms with Crippen LogP contribution in [0.1, 0.15) is 26.5 Å². The molecular formula is C33H38ClN10O6S+. The number of halogens is 1. The number of amides is 4. The first kappa shape index (κ1) is 38.0. The van der Waals surface area contributed by atoms with Gasteiger partial charge < -0.3 is 36.6 Å². The number of alkyl halides is 1. The maximum atomic E-state index is 13.5. The van der Waals surface area contributed by atoms with Gasteiger partial charge >= 0.3 is 5.91 Å². The Labute approximate surface area is 300 Å². The average molecular weight is 738 g/mol. The van der Waals surface area contributed by atoms with Crippen LogP contribution in [0.4, 0.5) is 11.4 Å². The minimum Gasteiger partial charge on any atom is -0.370 e. The maximum Gasteiger partial charge on any atom is 0.312 e. The van der Waals surface area contributed by atoms with E-state index in [-0.39, 0.29) is 59.2 Å². The number of benzene rings is 1. The molecule has 1 aromatic carbocycles. The van der Waals surface area contributed by atoms with E-state index in [9.17, 15) is 28.2 Å². The molecular weight excluding hydrogens is 700 g/mol. The normalized spacial score (nSPS) is 15.8. The Hall–Kier alpha value is -5.78. The predicted molar refractivity (Wildman–Crippen MR) is 194 cm³/mol. The van der Waals surface area contributed by atoms with Gasteiger partial charge in [-0.25, -0.2) is 0 Å². The highest BCUT2D eigenvalue weighted by atomic mass is 35.5. The second kappa shape index (κ2) is 16.8. The molecule has 3 heterocycles. The lowest BCUT2D eigenvalue weighted by Gasteiger charge is -2.25. The molecule has 0 bridgehead atoms. The number of rotatable bonds is 16. The number of nitrogens with two attached hydrogens (primary N) is 2. The summed E-state index contributed by atoms with van der Waals surface area (Å²) in [5.41, 5.74) is 15.1. The van der Waals surface area contributed by atoms with Crippen molar-refractivity contribution in [2.45, 2.75) is 4.90 Å². The molecule has 4 rings (SSSR count). The van der Waals surface area contributed by atoms with Crippen molar-refractivity contribution in [2.75, 3.05) is 42.4 Å². The SMILES string of the molecule is Cn1cc(NC(=O)c2cc(NC(=O)C3=CC(C(=O)C=Cc4ccc(S(=O)CCCl)cc4)=C[N+]3(C)NC=O)cn2C)cc1C(=O)NCCN=C(N)N. The maximum absolute atomic E-state index is 13.5. The van der Waals surface area contributed by atoms with E-state index < -0.39 is 33.0 Å². The Morgan fingerprint density at radius 2 is 1.57 bits per heavy atom. The highest BCUT2D eigenvalue weighted by Crippen LogP contribution is 2.27. The van der Waals surface area contributed by atoms with E-state index in [1.165, 1.54) is 48.3 Å². The van der Waals surface area contributed by atoms with Crippen molar-refractivity contribution in [3.05, 3.63) is 95.4 Å². The summed E-state index contributed by atoms with van der Waals surface area (Å²) in [4.78, 5) is 68.2. The van der Waals surface area contributed by atoms with Crippen LogP contribution in [0.5, 0.6) is 0 Å². The first-order chi connectivity index (χ1) is 24.2. The zero-order valence-corrected chi connectivity index (χ0v) is 29.6. The van der Waals surface area contributed by atoms with Gasteiger partial charge in [0.15, 0.2) is 11.7 Å². The van der Waals surface area contributed by atoms with Crippen LogP contribution in [-0.2, 0) is 39.3 Å². The number of hydrogen-bond acceptors (Lipinski definition) is 7. The van der Waals surface area contributed by atoms with Gasteiger partial charge in [0.1, 0.15) is 24.6 Å². The lowest BCUT2D eigenvalue weighted by Crippen LogP contribution is -2.50. The molecule has 0 spiro atoms. The van der Waals surface area contributed by atoms with E-state index in [4.69, 9.17) is 23.1 Å². The van der Waals surface area contributed by atoms with E-state index in [0.717, 1.165) is 0 Å². The third-order valence-electron chi connectivity index (χ3n) is 7.54. The molecule has 2 aromatic heterocycles. The summed E-state index contributed by atoms with van der Waals surface area (Å²) in [7, 11) is 3.57. The number of aliphatic imine (C=N–C) groups is 1. The average Bonchev–Trinajstić information content (AvgIpc) is 3.75. The Balaban J connectivity index is 1.43. The van der Waals surface area contributed by atoms with Crippen LogP contribution in [0.3, 0.4) is 0 Å². The Morgan fingerprint density at radius 1 is 0.961 bits per heavy atom. The molecule has 268 valence electrons. The van der Waals surface area contributed by atoms with Crippen molar-refractivity contribution in [1.82, 2.24) is 19.9 Å². The van der Waals surface area contributed by atoms with Crippen molar-refractivity contribution >= 4 is 75.7 Å². The lowest BCUT2D eigenvalue weighted by molar-refractivity contribution is -0.849. The smallest absolute Gasteiger partial charge is 0.312 e. The fraction of sp³-hybridized carbons (Fsp3) is 0.212. The number of carbonyl (C=O) groups is 5. The number of aryl methyl sites for hydroxylation is 2. The molecule has 0 saturated heterocycles. The zero-order chi connectivity index (χ0) is 37.3. The number of guanidine groups is 1. The fourth-order valence-electron chi connectivity index (χ4n) is 5.03. The van der Waals surface area contributed by atoms with Gasteiger partial charge in [-0.15, -0.1) is 11.6 Å². The molecule has 2 unspecified atom stereocenters. The molecule has 0 radical (unpaired) electrons. The van der Waals surface area contributed by atoms with Gasteiger partial charge in [-0.3, -0.25) is 33.2 Å². The lowest BCUT2D eigenvalue weighted by atomic mass is 10.1. The molecule has 51 heavy (non-hydrogen) atoms. The molecule has 4 amide bonds. The number of hydrogen-bond donors (Lipinski definition) is 6. The molecule has 18 heteroatoms. The first-order valence-corrected chi connectivity index (χ1v) is 17.2. The zero-order valence-electron chi connectivity index (χ0n) is 28.0. The predicted octanol–water partition coefficient (Wildman–Crippen LogP) is 1.08. The Kier molecular flexibility index (Phi) is 12.5. The number of anilines is 2. The van der Waals surface area contributed by atoms with Crippen LogP contribution in [0.15, 0.2) is 88.3 Å². The third kappa shape index (κ3) is 9.68. The van der Waals surface area contributed by atoms with Crippen molar-refractivity contribution in [2.24, 2.45) is 30.6 Å². The molecule has 3 aromatic rings. The minimum atomic E-state index is -1.21. The Bertz CT molecular complexity index is 1990. The molecule has 8 N–H and O–H groups in total. The van der Waals surface area contributed by atoms with Crippen molar-refractivity contribution < 1.29 is 32.8 Å². The molecule has 16 nitrogen and oxygen atoms in total. The summed E-state index contributed by atoms with van der Waals surface area (Å²) in [5.74, 6) is -1.42. The van der Waals surface area contributed by atoms with E-state index >= 15 is 0 Å². The number of ketones is 1. The third-order valence-corrected chi connectivity index (χ3v) is 9.33. The molecule has 1 aliphatic heterocycles. The van der Waals surface area contributed by atoms with Crippen molar-refractivity contribution in [3.8, 4) is 0 Å². The summed E-state index contributed by atoms with van der Waals surface area (Å²) >= 11 is 5.67. The fourth-order valence-corrected chi connectivity index (χ4v) is 6.27. The second-order valence-electron chi connectivity index (χ2n) is 11.4. The number of carbonyl (C=O) groups excluding carboxylic acids is 5. The first-order valence-electron chi connectivity index (χ1n) is 15.3. The van der Waals surface area contributed by atoms with E-state index in [1.54, 1.807) is 55.2 Å². The van der Waals surface area contributed by atoms with Crippen molar-refractivity contribution in [3.63, 3.8) is 0 Å². The van der Waals surface area contributed by atoms with Crippen LogP contribution in [0, 0.1) is 0 Å². The van der Waals surface area contributed by atoms with Crippen molar-refractivity contribution in [1.29, 1.82) is 0 Å². The van der Waals surface area contributed by atoms with Crippen LogP contribution in [-0.4, -0.2) is 85.6 Å². The molecule has 1 aliphatic rings. The van der Waals surface area contributed by atoms with Gasteiger partial charge in [0.25, 0.3) is 18.2 Å². The second-order valence-corrected chi connectivity index (χ2v) is 13.3. The number of allylic oxidation sites excluding steroid dienone is 3. The van der Waals surface area contributed by atoms with E-state index in [1.807, 2.05) is 0 Å². The molecule has 0 fully saturated rings. The number of quaternary nitrogens is 1. The topological polar surface area (TPSA) is 225 Å². The monoisotopic (exact) mass is 737 g/mol. The summed E-state index contributed by atoms with van der Waals surface area (Å²) in [6.07, 6.45) is 9.22. The van der Waals surface area contributed by atoms with Gasteiger partial charge in [0.05, 0.1) is 34.3 Å². The largest absolute Gasteiger partial charge is 0.370 e. The molecule has 0 saturated carbocycles. The van der Waals surface area contributed by atoms with E-state index in [2.05, 4.69) is 26.4 Å². The van der Waals surface area contributed by atoms with Gasteiger partial charge in [-0.1, -0.05) is 18.2 Å². The molecule has 0 aliphatic carbocycles. The van der Waals surface area contributed by atoms with Crippen LogP contribution < -0.4 is 32.8 Å². The van der Waals surface area contributed by atoms with Gasteiger partial charge in [0.2, 0.25) is 5.70 Å². The van der Waals surface area contributed by atoms with Crippen LogP contribution in [0.2, 0.25) is 0 Å². The number of nitrogens with zero attached hydrogens (tertiary/aromatic N) is 4. The van der Waals surface area contributed by atoms with Gasteiger partial charge in [0, 0.05) is 55.6 Å². The number of aromatic nitrogens is 2.